The fraction of sp³-hybridized carbons (Fsp3) is 0.231. The molecule has 0 spiro atoms. The van der Waals surface area contributed by atoms with Crippen LogP contribution in [0, 0.1) is 0 Å². The zero-order valence-corrected chi connectivity index (χ0v) is 10.5. The molecule has 5 nitrogen and oxygen atoms in total. The topological polar surface area (TPSA) is 53.3 Å². The number of ether oxygens (including phenoxy) is 2. The normalized spacial score (nSPS) is 10.2. The summed E-state index contributed by atoms with van der Waals surface area (Å²) in [7, 11) is 4.81. The number of rotatable bonds is 4. The number of nitrogens with zero attached hydrogens (tertiary/aromatic N) is 2. The van der Waals surface area contributed by atoms with Crippen LogP contribution >= 0.6 is 0 Å². The molecule has 0 bridgehead atoms. The summed E-state index contributed by atoms with van der Waals surface area (Å²) < 4.78 is 11.8. The van der Waals surface area contributed by atoms with Crippen LogP contribution in [0.25, 0.3) is 0 Å². The van der Waals surface area contributed by atoms with Crippen LogP contribution in [0.4, 0.5) is 0 Å². The van der Waals surface area contributed by atoms with Crippen LogP contribution < -0.4 is 9.47 Å². The first kappa shape index (κ1) is 12.2. The smallest absolute Gasteiger partial charge is 0.214 e. The second-order valence-electron chi connectivity index (χ2n) is 3.74. The van der Waals surface area contributed by atoms with Gasteiger partial charge in [0, 0.05) is 19.3 Å². The minimum absolute atomic E-state index is 0.130. The lowest BCUT2D eigenvalue weighted by molar-refractivity contribution is 0.102. The lowest BCUT2D eigenvalue weighted by atomic mass is 10.1. The molecule has 5 heteroatoms. The Kier molecular flexibility index (Phi) is 3.32. The lowest BCUT2D eigenvalue weighted by Crippen LogP contribution is -2.09. The van der Waals surface area contributed by atoms with Crippen molar-refractivity contribution in [2.24, 2.45) is 7.05 Å². The van der Waals surface area contributed by atoms with Gasteiger partial charge in [0.1, 0.15) is 17.2 Å². The van der Waals surface area contributed by atoms with E-state index in [-0.39, 0.29) is 5.78 Å². The predicted octanol–water partition coefficient (Wildman–Crippen LogP) is 1.67. The molecule has 0 fully saturated rings. The van der Waals surface area contributed by atoms with Crippen molar-refractivity contribution < 1.29 is 14.3 Å². The fourth-order valence-corrected chi connectivity index (χ4v) is 1.72. The maximum absolute atomic E-state index is 12.3. The van der Waals surface area contributed by atoms with Crippen molar-refractivity contribution in [3.8, 4) is 11.5 Å². The van der Waals surface area contributed by atoms with E-state index >= 15 is 0 Å². The number of hydrogen-bond acceptors (Lipinski definition) is 4. The first-order valence-electron chi connectivity index (χ1n) is 5.42. The molecule has 0 aliphatic rings. The monoisotopic (exact) mass is 246 g/mol. The molecule has 0 amide bonds. The number of hydrogen-bond donors (Lipinski definition) is 0. The van der Waals surface area contributed by atoms with Crippen molar-refractivity contribution in [1.29, 1.82) is 0 Å². The van der Waals surface area contributed by atoms with E-state index in [9.17, 15) is 4.79 Å². The molecule has 2 rings (SSSR count). The van der Waals surface area contributed by atoms with E-state index in [0.29, 0.717) is 22.8 Å². The second-order valence-corrected chi connectivity index (χ2v) is 3.74. The molecule has 18 heavy (non-hydrogen) atoms. The first-order valence-corrected chi connectivity index (χ1v) is 5.42. The van der Waals surface area contributed by atoms with Crippen LogP contribution in [0.3, 0.4) is 0 Å². The van der Waals surface area contributed by atoms with Crippen molar-refractivity contribution in [3.05, 3.63) is 41.7 Å². The van der Waals surface area contributed by atoms with E-state index in [1.54, 1.807) is 44.6 Å². The van der Waals surface area contributed by atoms with Gasteiger partial charge in [-0.15, -0.1) is 0 Å². The van der Waals surface area contributed by atoms with Crippen molar-refractivity contribution in [2.75, 3.05) is 14.2 Å². The molecule has 2 aromatic rings. The molecule has 94 valence electrons. The van der Waals surface area contributed by atoms with Crippen LogP contribution in [-0.4, -0.2) is 29.8 Å². The average molecular weight is 246 g/mol. The number of benzene rings is 1. The molecule has 0 unspecified atom stereocenters. The number of aryl methyl sites for hydroxylation is 1. The van der Waals surface area contributed by atoms with E-state index in [1.165, 1.54) is 11.8 Å². The molecule has 1 aromatic carbocycles. The molecule has 0 aliphatic carbocycles. The van der Waals surface area contributed by atoms with Gasteiger partial charge in [0.15, 0.2) is 0 Å². The molecule has 0 atom stereocenters. The Hall–Kier alpha value is -2.30. The Morgan fingerprint density at radius 3 is 2.56 bits per heavy atom. The number of ketones is 1. The molecule has 0 N–H and O–H groups in total. The number of carbonyl (C=O) groups excluding carboxylic acids is 1. The second kappa shape index (κ2) is 4.91. The van der Waals surface area contributed by atoms with Gasteiger partial charge < -0.3 is 9.47 Å². The van der Waals surface area contributed by atoms with Crippen molar-refractivity contribution >= 4 is 5.78 Å². The van der Waals surface area contributed by atoms with E-state index < -0.39 is 0 Å². The number of aromatic nitrogens is 2. The van der Waals surface area contributed by atoms with Crippen molar-refractivity contribution in [2.45, 2.75) is 0 Å². The zero-order chi connectivity index (χ0) is 13.1. The van der Waals surface area contributed by atoms with Gasteiger partial charge in [-0.05, 0) is 18.2 Å². The highest BCUT2D eigenvalue weighted by Crippen LogP contribution is 2.26. The molecule has 1 heterocycles. The molecule has 0 radical (unpaired) electrons. The standard InChI is InChI=1S/C13H14N2O3/c1-15-11(6-7-14-15)13(16)10-5-4-9(17-2)8-12(10)18-3/h4-8H,1-3H3. The van der Waals surface area contributed by atoms with Crippen molar-refractivity contribution in [3.63, 3.8) is 0 Å². The Morgan fingerprint density at radius 1 is 1.22 bits per heavy atom. The van der Waals surface area contributed by atoms with Gasteiger partial charge >= 0.3 is 0 Å². The highest BCUT2D eigenvalue weighted by molar-refractivity contribution is 6.09. The first-order chi connectivity index (χ1) is 8.67. The summed E-state index contributed by atoms with van der Waals surface area (Å²) in [6.07, 6.45) is 1.59. The summed E-state index contributed by atoms with van der Waals surface area (Å²) in [5.41, 5.74) is 1.00. The summed E-state index contributed by atoms with van der Waals surface area (Å²) in [5, 5.41) is 3.98. The van der Waals surface area contributed by atoms with Crippen molar-refractivity contribution in [1.82, 2.24) is 9.78 Å². The number of methoxy groups -OCH3 is 2. The fourth-order valence-electron chi connectivity index (χ4n) is 1.72. The lowest BCUT2D eigenvalue weighted by Gasteiger charge is -2.09. The van der Waals surface area contributed by atoms with E-state index in [1.807, 2.05) is 0 Å². The quantitative estimate of drug-likeness (QED) is 0.770. The molecular formula is C13H14N2O3. The summed E-state index contributed by atoms with van der Waals surface area (Å²) in [4.78, 5) is 12.3. The largest absolute Gasteiger partial charge is 0.497 e. The van der Waals surface area contributed by atoms with Gasteiger partial charge in [0.2, 0.25) is 5.78 Å². The van der Waals surface area contributed by atoms with E-state index in [4.69, 9.17) is 9.47 Å². The van der Waals surface area contributed by atoms with Crippen LogP contribution in [0.15, 0.2) is 30.5 Å². The highest BCUT2D eigenvalue weighted by Gasteiger charge is 2.17. The highest BCUT2D eigenvalue weighted by atomic mass is 16.5. The average Bonchev–Trinajstić information content (AvgIpc) is 2.83. The Labute approximate surface area is 105 Å². The van der Waals surface area contributed by atoms with Gasteiger partial charge in [-0.3, -0.25) is 9.48 Å². The minimum Gasteiger partial charge on any atom is -0.497 e. The summed E-state index contributed by atoms with van der Waals surface area (Å²) in [6.45, 7) is 0. The third-order valence-electron chi connectivity index (χ3n) is 2.71. The Balaban J connectivity index is 2.45. The predicted molar refractivity (Wildman–Crippen MR) is 66.2 cm³/mol. The molecule has 0 aliphatic heterocycles. The van der Waals surface area contributed by atoms with Crippen LogP contribution in [0.5, 0.6) is 11.5 Å². The Morgan fingerprint density at radius 2 is 2.00 bits per heavy atom. The summed E-state index contributed by atoms with van der Waals surface area (Å²) in [6, 6.07) is 6.77. The van der Waals surface area contributed by atoms with Gasteiger partial charge in [-0.2, -0.15) is 5.10 Å². The molecular weight excluding hydrogens is 232 g/mol. The maximum Gasteiger partial charge on any atom is 0.214 e. The van der Waals surface area contributed by atoms with Crippen LogP contribution in [-0.2, 0) is 7.05 Å². The zero-order valence-electron chi connectivity index (χ0n) is 10.5. The minimum atomic E-state index is -0.130. The van der Waals surface area contributed by atoms with Gasteiger partial charge in [-0.25, -0.2) is 0 Å². The van der Waals surface area contributed by atoms with Crippen LogP contribution in [0.2, 0.25) is 0 Å². The maximum atomic E-state index is 12.3. The van der Waals surface area contributed by atoms with E-state index in [2.05, 4.69) is 5.10 Å². The summed E-state index contributed by atoms with van der Waals surface area (Å²) in [5.74, 6) is 1.00. The van der Waals surface area contributed by atoms with E-state index in [0.717, 1.165) is 0 Å². The third kappa shape index (κ3) is 2.07. The SMILES string of the molecule is COc1ccc(C(=O)c2ccnn2C)c(OC)c1. The van der Waals surface area contributed by atoms with Gasteiger partial charge in [0.05, 0.1) is 19.8 Å². The molecule has 1 aromatic heterocycles. The number of carbonyl (C=O) groups is 1. The van der Waals surface area contributed by atoms with Gasteiger partial charge in [0.25, 0.3) is 0 Å². The summed E-state index contributed by atoms with van der Waals surface area (Å²) >= 11 is 0. The van der Waals surface area contributed by atoms with Gasteiger partial charge in [-0.1, -0.05) is 0 Å². The molecule has 0 saturated carbocycles. The van der Waals surface area contributed by atoms with Crippen LogP contribution in [0.1, 0.15) is 16.1 Å². The molecule has 0 saturated heterocycles. The Bertz CT molecular complexity index is 575. The third-order valence-corrected chi connectivity index (χ3v) is 2.71.